The van der Waals surface area contributed by atoms with Gasteiger partial charge in [0, 0.05) is 38.7 Å². The molecule has 0 spiro atoms. The molecule has 35 heavy (non-hydrogen) atoms. The maximum atomic E-state index is 4.34. The van der Waals surface area contributed by atoms with Crippen LogP contribution in [0.3, 0.4) is 0 Å². The quantitative estimate of drug-likeness (QED) is 0.194. The van der Waals surface area contributed by atoms with E-state index in [4.69, 9.17) is 0 Å². The number of nitrogens with zero attached hydrogens (tertiary/aromatic N) is 3. The second kappa shape index (κ2) is 12.3. The number of benzene rings is 3. The van der Waals surface area contributed by atoms with Crippen molar-refractivity contribution in [2.24, 2.45) is 0 Å². The van der Waals surface area contributed by atoms with Gasteiger partial charge in [-0.3, -0.25) is 9.97 Å². The van der Waals surface area contributed by atoms with E-state index in [1.165, 1.54) is 11.1 Å². The molecule has 2 heterocycles. The molecule has 0 aliphatic rings. The Morgan fingerprint density at radius 2 is 1.26 bits per heavy atom. The zero-order valence-electron chi connectivity index (χ0n) is 20.1. The molecule has 0 unspecified atom stereocenters. The van der Waals surface area contributed by atoms with E-state index in [0.29, 0.717) is 5.82 Å². The first-order valence-corrected chi connectivity index (χ1v) is 11.3. The molecule has 0 saturated heterocycles. The maximum Gasteiger partial charge on any atom is 0.0748 e. The van der Waals surface area contributed by atoms with Gasteiger partial charge in [0.15, 0.2) is 0 Å². The fourth-order valence-electron chi connectivity index (χ4n) is 3.45. The molecule has 3 nitrogen and oxygen atoms in total. The standard InChI is InChI=1S/C16H11N2.C15H16N.Ir/c1-2-6-13(7-3-1)14-8-4-9-15(12-14)16-17-10-5-11-18-16;1-15(2,3)13-8-6-7-12(11-13)14-9-4-5-10-16-14;/h1-8,10-12H;4-6,8-11H,1-3H3;/q2*-1;. The Bertz CT molecular complexity index is 1260. The minimum absolute atomic E-state index is 0. The summed E-state index contributed by atoms with van der Waals surface area (Å²) in [5.74, 6) is 0.704. The van der Waals surface area contributed by atoms with Crippen molar-refractivity contribution < 1.29 is 20.1 Å². The van der Waals surface area contributed by atoms with Gasteiger partial charge in [-0.1, -0.05) is 63.2 Å². The van der Waals surface area contributed by atoms with Gasteiger partial charge in [0.25, 0.3) is 0 Å². The van der Waals surface area contributed by atoms with E-state index < -0.39 is 0 Å². The van der Waals surface area contributed by atoms with Gasteiger partial charge in [0.05, 0.1) is 5.82 Å². The summed E-state index contributed by atoms with van der Waals surface area (Å²) in [5, 5.41) is 0. The monoisotopic (exact) mass is 634 g/mol. The summed E-state index contributed by atoms with van der Waals surface area (Å²) >= 11 is 0. The van der Waals surface area contributed by atoms with Crippen LogP contribution < -0.4 is 0 Å². The van der Waals surface area contributed by atoms with Gasteiger partial charge in [-0.2, -0.15) is 0 Å². The van der Waals surface area contributed by atoms with E-state index in [-0.39, 0.29) is 25.5 Å². The average molecular weight is 634 g/mol. The fourth-order valence-corrected chi connectivity index (χ4v) is 3.45. The van der Waals surface area contributed by atoms with Crippen LogP contribution in [-0.2, 0) is 25.5 Å². The van der Waals surface area contributed by atoms with Crippen molar-refractivity contribution in [2.45, 2.75) is 26.2 Å². The molecule has 3 aromatic carbocycles. The number of rotatable bonds is 3. The predicted octanol–water partition coefficient (Wildman–Crippen LogP) is 7.45. The first-order valence-electron chi connectivity index (χ1n) is 11.3. The SMILES string of the molecule is CC(C)(C)c1cc[c-]c(-c2ccccn2)c1.[Ir].[c-]1ccc(-c2ccccc2)cc1-c1ncccn1. The second-order valence-electron chi connectivity index (χ2n) is 8.89. The molecule has 0 N–H and O–H groups in total. The van der Waals surface area contributed by atoms with Crippen LogP contribution in [0, 0.1) is 12.1 Å². The van der Waals surface area contributed by atoms with Gasteiger partial charge in [-0.15, -0.1) is 70.8 Å². The smallest absolute Gasteiger partial charge is 0.0748 e. The zero-order valence-corrected chi connectivity index (χ0v) is 22.5. The summed E-state index contributed by atoms with van der Waals surface area (Å²) in [7, 11) is 0. The van der Waals surface area contributed by atoms with Crippen LogP contribution >= 0.6 is 0 Å². The van der Waals surface area contributed by atoms with Crippen molar-refractivity contribution in [3.8, 4) is 33.8 Å². The van der Waals surface area contributed by atoms with Gasteiger partial charge in [0.2, 0.25) is 0 Å². The molecule has 0 saturated carbocycles. The molecule has 2 aromatic heterocycles. The number of aromatic nitrogens is 3. The molecule has 0 bridgehead atoms. The summed E-state index contributed by atoms with van der Waals surface area (Å²) in [6.07, 6.45) is 5.30. The fraction of sp³-hybridized carbons (Fsp3) is 0.129. The first-order chi connectivity index (χ1) is 16.5. The number of pyridine rings is 1. The normalized spacial score (nSPS) is 10.5. The van der Waals surface area contributed by atoms with Crippen LogP contribution in [0.4, 0.5) is 0 Å². The Morgan fingerprint density at radius 3 is 1.94 bits per heavy atom. The maximum absolute atomic E-state index is 4.34. The topological polar surface area (TPSA) is 38.7 Å². The van der Waals surface area contributed by atoms with Crippen molar-refractivity contribution in [1.29, 1.82) is 0 Å². The van der Waals surface area contributed by atoms with Crippen molar-refractivity contribution in [1.82, 2.24) is 15.0 Å². The molecule has 0 amide bonds. The van der Waals surface area contributed by atoms with E-state index in [2.05, 4.69) is 78.2 Å². The third-order valence-corrected chi connectivity index (χ3v) is 5.32. The molecule has 0 aliphatic heterocycles. The van der Waals surface area contributed by atoms with Crippen LogP contribution in [-0.4, -0.2) is 15.0 Å². The number of hydrogen-bond donors (Lipinski definition) is 0. The van der Waals surface area contributed by atoms with Crippen LogP contribution in [0.1, 0.15) is 26.3 Å². The molecule has 1 radical (unpaired) electrons. The van der Waals surface area contributed by atoms with E-state index in [0.717, 1.165) is 22.4 Å². The minimum atomic E-state index is 0. The Kier molecular flexibility index (Phi) is 9.19. The molecule has 0 fully saturated rings. The molecular formula is C31H27IrN3-2. The number of hydrogen-bond acceptors (Lipinski definition) is 3. The van der Waals surface area contributed by atoms with Crippen LogP contribution in [0.15, 0.2) is 110 Å². The molecule has 5 rings (SSSR count). The van der Waals surface area contributed by atoms with Gasteiger partial charge in [0.1, 0.15) is 0 Å². The Hall–Kier alpha value is -3.46. The Balaban J connectivity index is 0.000000192. The van der Waals surface area contributed by atoms with Crippen molar-refractivity contribution in [3.05, 3.63) is 127 Å². The molecule has 5 aromatic rings. The zero-order chi connectivity index (χ0) is 23.8. The van der Waals surface area contributed by atoms with Gasteiger partial charge in [-0.05, 0) is 28.8 Å². The van der Waals surface area contributed by atoms with Gasteiger partial charge < -0.3 is 4.98 Å². The van der Waals surface area contributed by atoms with E-state index in [1.54, 1.807) is 12.4 Å². The third-order valence-electron chi connectivity index (χ3n) is 5.32. The summed E-state index contributed by atoms with van der Waals surface area (Å²) < 4.78 is 0. The molecule has 0 atom stereocenters. The summed E-state index contributed by atoms with van der Waals surface area (Å²) in [5.41, 5.74) is 6.77. The Labute approximate surface area is 221 Å². The van der Waals surface area contributed by atoms with E-state index in [9.17, 15) is 0 Å². The summed E-state index contributed by atoms with van der Waals surface area (Å²) in [6.45, 7) is 6.64. The van der Waals surface area contributed by atoms with Crippen LogP contribution in [0.2, 0.25) is 0 Å². The van der Waals surface area contributed by atoms with Crippen LogP contribution in [0.5, 0.6) is 0 Å². The van der Waals surface area contributed by atoms with Crippen LogP contribution in [0.25, 0.3) is 33.8 Å². The van der Waals surface area contributed by atoms with Crippen molar-refractivity contribution in [2.75, 3.05) is 0 Å². The molecule has 4 heteroatoms. The molecule has 0 aliphatic carbocycles. The van der Waals surface area contributed by atoms with Crippen molar-refractivity contribution >= 4 is 0 Å². The molecular weight excluding hydrogens is 607 g/mol. The average Bonchev–Trinajstić information content (AvgIpc) is 2.90. The van der Waals surface area contributed by atoms with E-state index in [1.807, 2.05) is 66.9 Å². The van der Waals surface area contributed by atoms with Gasteiger partial charge in [-0.25, -0.2) is 0 Å². The Morgan fingerprint density at radius 1 is 0.600 bits per heavy atom. The molecule has 177 valence electrons. The summed E-state index contributed by atoms with van der Waals surface area (Å²) in [6, 6.07) is 36.7. The minimum Gasteiger partial charge on any atom is -0.305 e. The third kappa shape index (κ3) is 7.26. The summed E-state index contributed by atoms with van der Waals surface area (Å²) in [4.78, 5) is 12.8. The second-order valence-corrected chi connectivity index (χ2v) is 8.89. The van der Waals surface area contributed by atoms with Crippen molar-refractivity contribution in [3.63, 3.8) is 0 Å². The van der Waals surface area contributed by atoms with Gasteiger partial charge >= 0.3 is 0 Å². The van der Waals surface area contributed by atoms with E-state index >= 15 is 0 Å². The first kappa shape index (κ1) is 26.1. The largest absolute Gasteiger partial charge is 0.305 e. The predicted molar refractivity (Wildman–Crippen MR) is 139 cm³/mol.